The van der Waals surface area contributed by atoms with E-state index in [9.17, 15) is 4.79 Å². The zero-order valence-electron chi connectivity index (χ0n) is 11.8. The molecule has 0 saturated carbocycles. The van der Waals surface area contributed by atoms with E-state index in [2.05, 4.69) is 27.7 Å². The van der Waals surface area contributed by atoms with Crippen molar-refractivity contribution in [1.29, 1.82) is 0 Å². The van der Waals surface area contributed by atoms with Crippen molar-refractivity contribution in [1.82, 2.24) is 0 Å². The SMILES string of the molecule is CCC(C)C(C)(CC(C)C)C(=O)OCC1CO1. The second kappa shape index (κ2) is 5.85. The number of carbonyl (C=O) groups excluding carboxylic acids is 1. The fraction of sp³-hybridized carbons (Fsp3) is 0.929. The molecule has 1 saturated heterocycles. The molecule has 0 amide bonds. The molecule has 1 heterocycles. The van der Waals surface area contributed by atoms with Crippen LogP contribution in [-0.4, -0.2) is 25.3 Å². The molecule has 3 heteroatoms. The first-order valence-corrected chi connectivity index (χ1v) is 6.69. The number of rotatable bonds is 7. The summed E-state index contributed by atoms with van der Waals surface area (Å²) in [6, 6.07) is 0. The van der Waals surface area contributed by atoms with Crippen molar-refractivity contribution in [2.75, 3.05) is 13.2 Å². The van der Waals surface area contributed by atoms with Crippen LogP contribution >= 0.6 is 0 Å². The standard InChI is InChI=1S/C14H26O3/c1-6-11(4)14(5,7-10(2)3)13(15)17-9-12-8-16-12/h10-12H,6-9H2,1-5H3. The zero-order chi connectivity index (χ0) is 13.1. The Morgan fingerprint density at radius 2 is 2.06 bits per heavy atom. The number of hydrogen-bond donors (Lipinski definition) is 0. The van der Waals surface area contributed by atoms with Gasteiger partial charge in [0.2, 0.25) is 0 Å². The van der Waals surface area contributed by atoms with Gasteiger partial charge in [-0.3, -0.25) is 4.79 Å². The Bertz CT molecular complexity index is 258. The van der Waals surface area contributed by atoms with Gasteiger partial charge in [0.25, 0.3) is 0 Å². The molecule has 3 unspecified atom stereocenters. The predicted molar refractivity (Wildman–Crippen MR) is 67.7 cm³/mol. The molecule has 3 nitrogen and oxygen atoms in total. The number of carbonyl (C=O) groups is 1. The lowest BCUT2D eigenvalue weighted by molar-refractivity contribution is -0.160. The van der Waals surface area contributed by atoms with Crippen molar-refractivity contribution in [3.63, 3.8) is 0 Å². The van der Waals surface area contributed by atoms with Crippen LogP contribution in [0.5, 0.6) is 0 Å². The molecule has 0 aromatic heterocycles. The molecule has 1 aliphatic heterocycles. The molecule has 1 rings (SSSR count). The largest absolute Gasteiger partial charge is 0.462 e. The summed E-state index contributed by atoms with van der Waals surface area (Å²) in [4.78, 5) is 12.3. The maximum absolute atomic E-state index is 12.3. The maximum Gasteiger partial charge on any atom is 0.312 e. The van der Waals surface area contributed by atoms with Crippen molar-refractivity contribution in [2.24, 2.45) is 17.3 Å². The van der Waals surface area contributed by atoms with Gasteiger partial charge in [-0.2, -0.15) is 0 Å². The highest BCUT2D eigenvalue weighted by atomic mass is 16.6. The van der Waals surface area contributed by atoms with Crippen LogP contribution < -0.4 is 0 Å². The van der Waals surface area contributed by atoms with Gasteiger partial charge in [0.1, 0.15) is 12.7 Å². The lowest BCUT2D eigenvalue weighted by atomic mass is 9.71. The van der Waals surface area contributed by atoms with E-state index in [4.69, 9.17) is 9.47 Å². The minimum absolute atomic E-state index is 0.0592. The van der Waals surface area contributed by atoms with E-state index in [1.807, 2.05) is 6.92 Å². The van der Waals surface area contributed by atoms with E-state index < -0.39 is 0 Å². The number of ether oxygens (including phenoxy) is 2. The smallest absolute Gasteiger partial charge is 0.312 e. The highest BCUT2D eigenvalue weighted by molar-refractivity contribution is 5.76. The molecule has 0 bridgehead atoms. The van der Waals surface area contributed by atoms with E-state index in [-0.39, 0.29) is 17.5 Å². The van der Waals surface area contributed by atoms with Gasteiger partial charge in [-0.1, -0.05) is 34.1 Å². The van der Waals surface area contributed by atoms with E-state index in [0.29, 0.717) is 18.4 Å². The molecular formula is C14H26O3. The molecule has 0 aromatic rings. The van der Waals surface area contributed by atoms with Crippen molar-refractivity contribution in [3.8, 4) is 0 Å². The van der Waals surface area contributed by atoms with Crippen LogP contribution in [0.15, 0.2) is 0 Å². The van der Waals surface area contributed by atoms with Gasteiger partial charge in [-0.25, -0.2) is 0 Å². The quantitative estimate of drug-likeness (QED) is 0.509. The van der Waals surface area contributed by atoms with Crippen LogP contribution in [0.1, 0.15) is 47.5 Å². The molecule has 0 spiro atoms. The molecule has 0 aromatic carbocycles. The molecule has 0 radical (unpaired) electrons. The van der Waals surface area contributed by atoms with Crippen LogP contribution in [0.25, 0.3) is 0 Å². The fourth-order valence-corrected chi connectivity index (χ4v) is 2.28. The Labute approximate surface area is 105 Å². The summed E-state index contributed by atoms with van der Waals surface area (Å²) in [5, 5.41) is 0. The average molecular weight is 242 g/mol. The summed E-state index contributed by atoms with van der Waals surface area (Å²) in [5.74, 6) is 0.785. The van der Waals surface area contributed by atoms with Crippen LogP contribution in [0, 0.1) is 17.3 Å². The average Bonchev–Trinajstić information content (AvgIpc) is 3.07. The van der Waals surface area contributed by atoms with Crippen LogP contribution in [0.2, 0.25) is 0 Å². The molecule has 0 aliphatic carbocycles. The second-order valence-corrected chi connectivity index (χ2v) is 5.88. The summed E-state index contributed by atoms with van der Waals surface area (Å²) in [6.45, 7) is 11.8. The van der Waals surface area contributed by atoms with Gasteiger partial charge in [-0.15, -0.1) is 0 Å². The minimum atomic E-state index is -0.363. The Hall–Kier alpha value is -0.570. The lowest BCUT2D eigenvalue weighted by Gasteiger charge is -2.34. The Kier molecular flexibility index (Phi) is 4.99. The molecule has 0 N–H and O–H groups in total. The van der Waals surface area contributed by atoms with Gasteiger partial charge < -0.3 is 9.47 Å². The fourth-order valence-electron chi connectivity index (χ4n) is 2.28. The summed E-state index contributed by atoms with van der Waals surface area (Å²) in [5.41, 5.74) is -0.363. The summed E-state index contributed by atoms with van der Waals surface area (Å²) in [6.07, 6.45) is 2.03. The van der Waals surface area contributed by atoms with Gasteiger partial charge in [-0.05, 0) is 25.2 Å². The third-order valence-electron chi connectivity index (χ3n) is 3.80. The normalized spacial score (nSPS) is 24.2. The first kappa shape index (κ1) is 14.5. The van der Waals surface area contributed by atoms with Gasteiger partial charge >= 0.3 is 5.97 Å². The third kappa shape index (κ3) is 3.98. The second-order valence-electron chi connectivity index (χ2n) is 5.88. The molecule has 1 fully saturated rings. The van der Waals surface area contributed by atoms with E-state index in [1.165, 1.54) is 0 Å². The van der Waals surface area contributed by atoms with Crippen LogP contribution in [0.4, 0.5) is 0 Å². The van der Waals surface area contributed by atoms with Crippen molar-refractivity contribution >= 4 is 5.97 Å². The number of epoxide rings is 1. The van der Waals surface area contributed by atoms with Gasteiger partial charge in [0.05, 0.1) is 12.0 Å². The van der Waals surface area contributed by atoms with Crippen molar-refractivity contribution < 1.29 is 14.3 Å². The number of hydrogen-bond acceptors (Lipinski definition) is 3. The third-order valence-corrected chi connectivity index (χ3v) is 3.80. The summed E-state index contributed by atoms with van der Waals surface area (Å²) < 4.78 is 10.5. The molecular weight excluding hydrogens is 216 g/mol. The van der Waals surface area contributed by atoms with Crippen LogP contribution in [-0.2, 0) is 14.3 Å². The lowest BCUT2D eigenvalue weighted by Crippen LogP contribution is -2.38. The topological polar surface area (TPSA) is 38.8 Å². The Morgan fingerprint density at radius 1 is 1.47 bits per heavy atom. The predicted octanol–water partition coefficient (Wildman–Crippen LogP) is 3.03. The molecule has 1 aliphatic rings. The molecule has 17 heavy (non-hydrogen) atoms. The van der Waals surface area contributed by atoms with Gasteiger partial charge in [0, 0.05) is 0 Å². The summed E-state index contributed by atoms with van der Waals surface area (Å²) in [7, 11) is 0. The molecule has 3 atom stereocenters. The minimum Gasteiger partial charge on any atom is -0.462 e. The monoisotopic (exact) mass is 242 g/mol. The first-order chi connectivity index (χ1) is 7.90. The van der Waals surface area contributed by atoms with Crippen molar-refractivity contribution in [3.05, 3.63) is 0 Å². The Balaban J connectivity index is 2.61. The van der Waals surface area contributed by atoms with E-state index in [0.717, 1.165) is 19.4 Å². The highest BCUT2D eigenvalue weighted by Crippen LogP contribution is 2.37. The van der Waals surface area contributed by atoms with E-state index >= 15 is 0 Å². The van der Waals surface area contributed by atoms with E-state index in [1.54, 1.807) is 0 Å². The van der Waals surface area contributed by atoms with Gasteiger partial charge in [0.15, 0.2) is 0 Å². The van der Waals surface area contributed by atoms with Crippen LogP contribution in [0.3, 0.4) is 0 Å². The highest BCUT2D eigenvalue weighted by Gasteiger charge is 2.40. The molecule has 100 valence electrons. The first-order valence-electron chi connectivity index (χ1n) is 6.69. The van der Waals surface area contributed by atoms with Crippen molar-refractivity contribution in [2.45, 2.75) is 53.6 Å². The zero-order valence-corrected chi connectivity index (χ0v) is 11.8. The summed E-state index contributed by atoms with van der Waals surface area (Å²) >= 11 is 0. The number of esters is 1. The maximum atomic E-state index is 12.3. The Morgan fingerprint density at radius 3 is 2.47 bits per heavy atom.